The molecular weight excluding hydrogens is 314 g/mol. The highest BCUT2D eigenvalue weighted by atomic mass is 35.5. The summed E-state index contributed by atoms with van der Waals surface area (Å²) >= 11 is 12.0. The summed E-state index contributed by atoms with van der Waals surface area (Å²) < 4.78 is 39.1. The zero-order valence-electron chi connectivity index (χ0n) is 10.2. The average Bonchev–Trinajstić information content (AvgIpc) is 2.29. The number of hydrogen-bond donors (Lipinski definition) is 0. The SMILES string of the molecule is CN(Cc1c(Cl)cccc1Cl)S(=O)(=O)N1CC(F)C1. The fourth-order valence-electron chi connectivity index (χ4n) is 1.76. The van der Waals surface area contributed by atoms with Crippen LogP contribution in [0.1, 0.15) is 5.56 Å². The molecule has 1 fully saturated rings. The molecular formula is C11H13Cl2FN2O2S. The molecule has 2 rings (SSSR count). The van der Waals surface area contributed by atoms with E-state index in [1.807, 2.05) is 0 Å². The van der Waals surface area contributed by atoms with Gasteiger partial charge in [0.1, 0.15) is 6.17 Å². The molecule has 0 bridgehead atoms. The Labute approximate surface area is 121 Å². The molecule has 0 saturated carbocycles. The third kappa shape index (κ3) is 3.03. The first-order chi connectivity index (χ1) is 8.82. The molecule has 1 saturated heterocycles. The van der Waals surface area contributed by atoms with Crippen LogP contribution in [0.25, 0.3) is 0 Å². The molecule has 8 heteroatoms. The largest absolute Gasteiger partial charge is 0.282 e. The molecule has 4 nitrogen and oxygen atoms in total. The van der Waals surface area contributed by atoms with Crippen molar-refractivity contribution in [2.45, 2.75) is 12.7 Å². The van der Waals surface area contributed by atoms with Crippen molar-refractivity contribution in [3.63, 3.8) is 0 Å². The molecule has 0 unspecified atom stereocenters. The molecule has 0 aromatic heterocycles. The molecule has 0 aliphatic carbocycles. The maximum atomic E-state index is 12.7. The third-order valence-corrected chi connectivity index (χ3v) is 5.54. The Morgan fingerprint density at radius 3 is 2.37 bits per heavy atom. The van der Waals surface area contributed by atoms with Gasteiger partial charge in [-0.15, -0.1) is 0 Å². The molecule has 0 atom stereocenters. The molecule has 0 spiro atoms. The number of halogens is 3. The quantitative estimate of drug-likeness (QED) is 0.852. The molecule has 1 aromatic carbocycles. The van der Waals surface area contributed by atoms with Gasteiger partial charge in [-0.1, -0.05) is 29.3 Å². The Balaban J connectivity index is 2.15. The molecule has 1 aliphatic heterocycles. The van der Waals surface area contributed by atoms with E-state index in [0.717, 1.165) is 8.61 Å². The van der Waals surface area contributed by atoms with E-state index in [1.54, 1.807) is 18.2 Å². The van der Waals surface area contributed by atoms with Gasteiger partial charge in [-0.3, -0.25) is 0 Å². The maximum Gasteiger partial charge on any atom is 0.282 e. The molecule has 1 aromatic rings. The van der Waals surface area contributed by atoms with Crippen LogP contribution in [0.15, 0.2) is 18.2 Å². The number of benzene rings is 1. The van der Waals surface area contributed by atoms with Gasteiger partial charge in [0.05, 0.1) is 0 Å². The van der Waals surface area contributed by atoms with E-state index in [9.17, 15) is 12.8 Å². The lowest BCUT2D eigenvalue weighted by Crippen LogP contribution is -2.55. The van der Waals surface area contributed by atoms with E-state index in [4.69, 9.17) is 23.2 Å². The lowest BCUT2D eigenvalue weighted by Gasteiger charge is -2.36. The Morgan fingerprint density at radius 2 is 1.89 bits per heavy atom. The van der Waals surface area contributed by atoms with E-state index in [0.29, 0.717) is 15.6 Å². The van der Waals surface area contributed by atoms with Crippen molar-refractivity contribution < 1.29 is 12.8 Å². The molecule has 0 N–H and O–H groups in total. The first-order valence-electron chi connectivity index (χ1n) is 5.60. The van der Waals surface area contributed by atoms with Gasteiger partial charge in [0.25, 0.3) is 10.2 Å². The summed E-state index contributed by atoms with van der Waals surface area (Å²) in [5.74, 6) is 0. The van der Waals surface area contributed by atoms with Gasteiger partial charge in [0.15, 0.2) is 0 Å². The minimum atomic E-state index is -3.66. The Hall–Kier alpha value is -0.400. The normalized spacial score (nSPS) is 17.7. The van der Waals surface area contributed by atoms with Crippen molar-refractivity contribution in [3.8, 4) is 0 Å². The van der Waals surface area contributed by atoms with E-state index < -0.39 is 16.4 Å². The minimum Gasteiger partial charge on any atom is -0.245 e. The van der Waals surface area contributed by atoms with Gasteiger partial charge in [-0.25, -0.2) is 4.39 Å². The smallest absolute Gasteiger partial charge is 0.245 e. The topological polar surface area (TPSA) is 40.6 Å². The highest BCUT2D eigenvalue weighted by molar-refractivity contribution is 7.86. The van der Waals surface area contributed by atoms with Gasteiger partial charge in [0.2, 0.25) is 0 Å². The monoisotopic (exact) mass is 326 g/mol. The zero-order valence-corrected chi connectivity index (χ0v) is 12.5. The Bertz CT molecular complexity index is 556. The van der Waals surface area contributed by atoms with Crippen LogP contribution in [0.5, 0.6) is 0 Å². The van der Waals surface area contributed by atoms with Crippen LogP contribution in [0.3, 0.4) is 0 Å². The van der Waals surface area contributed by atoms with Gasteiger partial charge in [-0.05, 0) is 12.1 Å². The summed E-state index contributed by atoms with van der Waals surface area (Å²) in [5.41, 5.74) is 0.536. The van der Waals surface area contributed by atoms with Crippen molar-refractivity contribution in [1.82, 2.24) is 8.61 Å². The number of hydrogen-bond acceptors (Lipinski definition) is 2. The number of nitrogens with zero attached hydrogens (tertiary/aromatic N) is 2. The van der Waals surface area contributed by atoms with Crippen molar-refractivity contribution in [1.29, 1.82) is 0 Å². The third-order valence-electron chi connectivity index (χ3n) is 2.97. The zero-order chi connectivity index (χ0) is 14.2. The fourth-order valence-corrected chi connectivity index (χ4v) is 3.67. The van der Waals surface area contributed by atoms with Crippen LogP contribution >= 0.6 is 23.2 Å². The van der Waals surface area contributed by atoms with Crippen LogP contribution in [-0.2, 0) is 16.8 Å². The highest BCUT2D eigenvalue weighted by Crippen LogP contribution is 2.27. The Kier molecular flexibility index (Phi) is 4.37. The molecule has 106 valence electrons. The molecule has 0 radical (unpaired) electrons. The van der Waals surface area contributed by atoms with Crippen LogP contribution in [-0.4, -0.2) is 43.3 Å². The number of rotatable bonds is 4. The van der Waals surface area contributed by atoms with Crippen molar-refractivity contribution in [3.05, 3.63) is 33.8 Å². The summed E-state index contributed by atoms with van der Waals surface area (Å²) in [6, 6.07) is 4.97. The second-order valence-corrected chi connectivity index (χ2v) is 7.23. The van der Waals surface area contributed by atoms with Gasteiger partial charge in [-0.2, -0.15) is 17.0 Å². The summed E-state index contributed by atoms with van der Waals surface area (Å²) in [4.78, 5) is 0. The predicted molar refractivity (Wildman–Crippen MR) is 73.3 cm³/mol. The summed E-state index contributed by atoms with van der Waals surface area (Å²) in [7, 11) is -2.24. The summed E-state index contributed by atoms with van der Waals surface area (Å²) in [6.45, 7) is -0.139. The van der Waals surface area contributed by atoms with E-state index in [-0.39, 0.29) is 19.6 Å². The maximum absolute atomic E-state index is 12.7. The molecule has 1 heterocycles. The first-order valence-corrected chi connectivity index (χ1v) is 7.76. The highest BCUT2D eigenvalue weighted by Gasteiger charge is 2.38. The minimum absolute atomic E-state index is 0.0499. The van der Waals surface area contributed by atoms with Crippen LogP contribution < -0.4 is 0 Å². The standard InChI is InChI=1S/C11H13Cl2FN2O2S/c1-15(19(17,18)16-5-8(14)6-16)7-9-10(12)3-2-4-11(9)13/h2-4,8H,5-7H2,1H3. The Morgan fingerprint density at radius 1 is 1.37 bits per heavy atom. The van der Waals surface area contributed by atoms with Gasteiger partial charge < -0.3 is 0 Å². The summed E-state index contributed by atoms with van der Waals surface area (Å²) in [6.07, 6.45) is -1.08. The first kappa shape index (κ1) is 15.0. The van der Waals surface area contributed by atoms with E-state index in [2.05, 4.69) is 0 Å². The van der Waals surface area contributed by atoms with Crippen LogP contribution in [0.4, 0.5) is 4.39 Å². The van der Waals surface area contributed by atoms with Crippen molar-refractivity contribution in [2.24, 2.45) is 0 Å². The molecule has 0 amide bonds. The second kappa shape index (κ2) is 5.54. The van der Waals surface area contributed by atoms with Gasteiger partial charge in [0, 0.05) is 42.3 Å². The van der Waals surface area contributed by atoms with Crippen LogP contribution in [0.2, 0.25) is 10.0 Å². The van der Waals surface area contributed by atoms with Crippen molar-refractivity contribution in [2.75, 3.05) is 20.1 Å². The van der Waals surface area contributed by atoms with Crippen molar-refractivity contribution >= 4 is 33.4 Å². The average molecular weight is 327 g/mol. The second-order valence-electron chi connectivity index (χ2n) is 4.38. The predicted octanol–water partition coefficient (Wildman–Crippen LogP) is 2.32. The molecule has 19 heavy (non-hydrogen) atoms. The van der Waals surface area contributed by atoms with Crippen LogP contribution in [0, 0.1) is 0 Å². The van der Waals surface area contributed by atoms with Gasteiger partial charge >= 0.3 is 0 Å². The van der Waals surface area contributed by atoms with E-state index in [1.165, 1.54) is 7.05 Å². The van der Waals surface area contributed by atoms with E-state index >= 15 is 0 Å². The summed E-state index contributed by atoms with van der Waals surface area (Å²) in [5, 5.41) is 0.808. The number of alkyl halides is 1. The molecule has 1 aliphatic rings. The lowest BCUT2D eigenvalue weighted by molar-refractivity contribution is 0.134. The fraction of sp³-hybridized carbons (Fsp3) is 0.455. The lowest BCUT2D eigenvalue weighted by atomic mass is 10.2.